The summed E-state index contributed by atoms with van der Waals surface area (Å²) in [6, 6.07) is 4.23. The van der Waals surface area contributed by atoms with Gasteiger partial charge in [0.05, 0.1) is 6.42 Å². The molecular weight excluding hydrogens is 392 g/mol. The predicted molar refractivity (Wildman–Crippen MR) is 119 cm³/mol. The van der Waals surface area contributed by atoms with Gasteiger partial charge in [0.1, 0.15) is 17.4 Å². The third kappa shape index (κ3) is 6.84. The molecule has 2 aromatic heterocycles. The number of carbonyl (C=O) groups is 2. The monoisotopic (exact) mass is 424 g/mol. The summed E-state index contributed by atoms with van der Waals surface area (Å²) in [4.78, 5) is 37.2. The van der Waals surface area contributed by atoms with Crippen molar-refractivity contribution in [3.63, 3.8) is 0 Å². The van der Waals surface area contributed by atoms with Gasteiger partial charge in [-0.3, -0.25) is 9.59 Å². The Bertz CT molecular complexity index is 896. The van der Waals surface area contributed by atoms with Gasteiger partial charge in [-0.15, -0.1) is 0 Å². The van der Waals surface area contributed by atoms with Gasteiger partial charge in [0.2, 0.25) is 0 Å². The fourth-order valence-electron chi connectivity index (χ4n) is 3.89. The summed E-state index contributed by atoms with van der Waals surface area (Å²) >= 11 is 0. The molecule has 0 spiro atoms. The number of nitrogens with one attached hydrogen (secondary N) is 1. The third-order valence-corrected chi connectivity index (χ3v) is 5.67. The minimum Gasteiger partial charge on any atom is -0.481 e. The molecule has 1 aliphatic rings. The molecule has 3 heterocycles. The second-order valence-electron chi connectivity index (χ2n) is 8.61. The maximum absolute atomic E-state index is 12.5. The van der Waals surface area contributed by atoms with E-state index in [2.05, 4.69) is 27.4 Å². The van der Waals surface area contributed by atoms with Crippen molar-refractivity contribution in [1.82, 2.24) is 15.0 Å². The smallest absolute Gasteiger partial charge is 0.303 e. The molecule has 166 valence electrons. The number of hydrogen-bond acceptors (Lipinski definition) is 6. The highest BCUT2D eigenvalue weighted by Crippen LogP contribution is 2.25. The Morgan fingerprint density at radius 3 is 2.61 bits per heavy atom. The van der Waals surface area contributed by atoms with Crippen LogP contribution < -0.4 is 5.32 Å². The Kier molecular flexibility index (Phi) is 8.09. The number of unbranched alkanes of at least 4 members (excludes halogenated alkanes) is 1. The molecule has 3 rings (SSSR count). The largest absolute Gasteiger partial charge is 0.481 e. The zero-order valence-electron chi connectivity index (χ0n) is 18.4. The first-order valence-electron chi connectivity index (χ1n) is 11.2. The predicted octanol–water partition coefficient (Wildman–Crippen LogP) is 4.28. The van der Waals surface area contributed by atoms with Crippen LogP contribution in [0, 0.1) is 0 Å². The molecule has 1 atom stereocenters. The molecule has 0 amide bonds. The highest BCUT2D eigenvalue weighted by molar-refractivity contribution is 5.80. The van der Waals surface area contributed by atoms with E-state index in [9.17, 15) is 14.7 Å². The molecule has 0 radical (unpaired) electrons. The topological polar surface area (TPSA) is 105 Å². The number of ketones is 1. The molecule has 7 heteroatoms. The summed E-state index contributed by atoms with van der Waals surface area (Å²) in [5, 5.41) is 12.6. The minimum absolute atomic E-state index is 0.0826. The quantitative estimate of drug-likeness (QED) is 0.519. The number of pyridine rings is 1. The lowest BCUT2D eigenvalue weighted by atomic mass is 9.91. The van der Waals surface area contributed by atoms with Crippen molar-refractivity contribution in [2.24, 2.45) is 0 Å². The van der Waals surface area contributed by atoms with Crippen molar-refractivity contribution in [1.29, 1.82) is 0 Å². The van der Waals surface area contributed by atoms with Crippen LogP contribution in [0.3, 0.4) is 0 Å². The van der Waals surface area contributed by atoms with Crippen molar-refractivity contribution in [3.8, 4) is 0 Å². The van der Waals surface area contributed by atoms with Crippen LogP contribution in [0.5, 0.6) is 0 Å². The van der Waals surface area contributed by atoms with Gasteiger partial charge in [-0.05, 0) is 49.3 Å². The van der Waals surface area contributed by atoms with Crippen LogP contribution in [0.2, 0.25) is 0 Å². The summed E-state index contributed by atoms with van der Waals surface area (Å²) in [5.41, 5.74) is 3.04. The van der Waals surface area contributed by atoms with Gasteiger partial charge in [0.15, 0.2) is 0 Å². The van der Waals surface area contributed by atoms with E-state index in [0.29, 0.717) is 12.0 Å². The van der Waals surface area contributed by atoms with Crippen molar-refractivity contribution in [2.75, 3.05) is 11.9 Å². The van der Waals surface area contributed by atoms with Crippen molar-refractivity contribution < 1.29 is 14.7 Å². The van der Waals surface area contributed by atoms with Gasteiger partial charge in [0, 0.05) is 49.3 Å². The van der Waals surface area contributed by atoms with Gasteiger partial charge in [-0.2, -0.15) is 0 Å². The third-order valence-electron chi connectivity index (χ3n) is 5.67. The van der Waals surface area contributed by atoms with Crippen molar-refractivity contribution in [2.45, 2.75) is 77.0 Å². The van der Waals surface area contributed by atoms with E-state index in [4.69, 9.17) is 4.98 Å². The first-order chi connectivity index (χ1) is 14.9. The van der Waals surface area contributed by atoms with Crippen LogP contribution in [0.25, 0.3) is 0 Å². The summed E-state index contributed by atoms with van der Waals surface area (Å²) in [5.74, 6) is 0.697. The van der Waals surface area contributed by atoms with E-state index in [1.54, 1.807) is 12.4 Å². The van der Waals surface area contributed by atoms with E-state index in [0.717, 1.165) is 56.0 Å². The molecule has 7 nitrogen and oxygen atoms in total. The van der Waals surface area contributed by atoms with Crippen molar-refractivity contribution in [3.05, 3.63) is 47.2 Å². The van der Waals surface area contributed by atoms with Gasteiger partial charge in [0.25, 0.3) is 0 Å². The van der Waals surface area contributed by atoms with Crippen LogP contribution >= 0.6 is 0 Å². The number of aromatic nitrogens is 3. The molecule has 0 aliphatic carbocycles. The second kappa shape index (κ2) is 11.0. The summed E-state index contributed by atoms with van der Waals surface area (Å²) in [6.45, 7) is 4.98. The second-order valence-corrected chi connectivity index (χ2v) is 8.61. The number of carboxylic acids is 1. The molecule has 0 saturated heterocycles. The highest BCUT2D eigenvalue weighted by Gasteiger charge is 2.20. The van der Waals surface area contributed by atoms with Crippen molar-refractivity contribution >= 4 is 17.6 Å². The average Bonchev–Trinajstić information content (AvgIpc) is 2.76. The zero-order valence-corrected chi connectivity index (χ0v) is 18.4. The van der Waals surface area contributed by atoms with E-state index in [1.807, 2.05) is 13.8 Å². The number of carboxylic acid groups (broad SMARTS) is 1. The van der Waals surface area contributed by atoms with Gasteiger partial charge in [-0.25, -0.2) is 15.0 Å². The SMILES string of the molecule is CC(C)c1ncc([C@H](CC(=O)O)CC(=O)CCCCc2ccc3c(n2)NCCC3)cn1. The Morgan fingerprint density at radius 2 is 1.90 bits per heavy atom. The van der Waals surface area contributed by atoms with Gasteiger partial charge < -0.3 is 10.4 Å². The number of rotatable bonds is 11. The molecule has 0 aromatic carbocycles. The lowest BCUT2D eigenvalue weighted by Crippen LogP contribution is -2.14. The molecule has 31 heavy (non-hydrogen) atoms. The summed E-state index contributed by atoms with van der Waals surface area (Å²) < 4.78 is 0. The van der Waals surface area contributed by atoms with Crippen LogP contribution in [0.1, 0.15) is 86.9 Å². The molecular formula is C24H32N4O3. The normalized spacial score (nSPS) is 14.0. The summed E-state index contributed by atoms with van der Waals surface area (Å²) in [6.07, 6.45) is 8.61. The first kappa shape index (κ1) is 22.8. The van der Waals surface area contributed by atoms with E-state index in [1.165, 1.54) is 5.56 Å². The maximum atomic E-state index is 12.5. The van der Waals surface area contributed by atoms with E-state index < -0.39 is 5.97 Å². The van der Waals surface area contributed by atoms with E-state index in [-0.39, 0.29) is 30.5 Å². The average molecular weight is 425 g/mol. The lowest BCUT2D eigenvalue weighted by Gasteiger charge is -2.17. The number of fused-ring (bicyclic) bond motifs is 1. The fourth-order valence-corrected chi connectivity index (χ4v) is 3.89. The molecule has 2 N–H and O–H groups in total. The van der Waals surface area contributed by atoms with Crippen LogP contribution in [-0.2, 0) is 22.4 Å². The number of Topliss-reactive ketones (excluding diaryl/α,β-unsaturated/α-hetero) is 1. The van der Waals surface area contributed by atoms with Gasteiger partial charge >= 0.3 is 5.97 Å². The van der Waals surface area contributed by atoms with Crippen LogP contribution in [0.15, 0.2) is 24.5 Å². The molecule has 0 fully saturated rings. The molecule has 0 unspecified atom stereocenters. The maximum Gasteiger partial charge on any atom is 0.303 e. The number of nitrogens with zero attached hydrogens (tertiary/aromatic N) is 3. The highest BCUT2D eigenvalue weighted by atomic mass is 16.4. The fraction of sp³-hybridized carbons (Fsp3) is 0.542. The Balaban J connectivity index is 1.48. The number of carbonyl (C=O) groups excluding carboxylic acids is 1. The van der Waals surface area contributed by atoms with Crippen LogP contribution in [-0.4, -0.2) is 38.4 Å². The van der Waals surface area contributed by atoms with E-state index >= 15 is 0 Å². The Morgan fingerprint density at radius 1 is 1.13 bits per heavy atom. The standard InChI is InChI=1S/C24H32N4O3/c1-16(2)23-26-14-19(15-27-23)18(13-22(30)31)12-21(29)8-4-3-7-20-10-9-17-6-5-11-25-24(17)28-20/h9-10,14-16,18H,3-8,11-13H2,1-2H3,(H,25,28)(H,30,31)/t18-/m0/s1. The summed E-state index contributed by atoms with van der Waals surface area (Å²) in [7, 11) is 0. The number of anilines is 1. The molecule has 1 aliphatic heterocycles. The molecule has 0 saturated carbocycles. The zero-order chi connectivity index (χ0) is 22.2. The van der Waals surface area contributed by atoms with Crippen LogP contribution in [0.4, 0.5) is 5.82 Å². The lowest BCUT2D eigenvalue weighted by molar-refractivity contribution is -0.137. The molecule has 2 aromatic rings. The number of aryl methyl sites for hydroxylation is 2. The first-order valence-corrected chi connectivity index (χ1v) is 11.2. The molecule has 0 bridgehead atoms. The Labute approximate surface area is 183 Å². The number of aliphatic carboxylic acids is 1. The minimum atomic E-state index is -0.919. The number of hydrogen-bond donors (Lipinski definition) is 2. The van der Waals surface area contributed by atoms with Gasteiger partial charge in [-0.1, -0.05) is 19.9 Å². The Hall–Kier alpha value is -2.83.